The van der Waals surface area contributed by atoms with Crippen molar-refractivity contribution < 1.29 is 14.2 Å². The van der Waals surface area contributed by atoms with Gasteiger partial charge >= 0.3 is 0 Å². The number of anilines is 1. The summed E-state index contributed by atoms with van der Waals surface area (Å²) in [5.74, 6) is 3.38. The molecule has 3 aromatic carbocycles. The van der Waals surface area contributed by atoms with E-state index in [9.17, 15) is 9.50 Å². The lowest BCUT2D eigenvalue weighted by Crippen LogP contribution is -2.51. The van der Waals surface area contributed by atoms with Gasteiger partial charge in [-0.1, -0.05) is 42.3 Å². The number of hydrogen-bond acceptors (Lipinski definition) is 6. The maximum Gasteiger partial charge on any atom is 0.219 e. The minimum Gasteiger partial charge on any atom is -0.508 e. The van der Waals surface area contributed by atoms with E-state index < -0.39 is 5.82 Å². The fourth-order valence-electron chi connectivity index (χ4n) is 5.91. The molecule has 5 aromatic rings. The van der Waals surface area contributed by atoms with E-state index in [0.29, 0.717) is 52.1 Å². The Morgan fingerprint density at radius 2 is 1.85 bits per heavy atom. The molecule has 7 nitrogen and oxygen atoms in total. The predicted octanol–water partition coefficient (Wildman–Crippen LogP) is 4.90. The van der Waals surface area contributed by atoms with Crippen molar-refractivity contribution in [2.24, 2.45) is 0 Å². The summed E-state index contributed by atoms with van der Waals surface area (Å²) in [5.41, 5.74) is 2.90. The quantitative estimate of drug-likeness (QED) is 0.322. The topological polar surface area (TPSA) is 74.9 Å². The van der Waals surface area contributed by atoms with Gasteiger partial charge in [-0.05, 0) is 47.6 Å². The highest BCUT2D eigenvalue weighted by Crippen LogP contribution is 2.39. The number of benzene rings is 3. The molecule has 2 bridgehead atoms. The number of nitrogens with zero attached hydrogens (tertiary/aromatic N) is 4. The van der Waals surface area contributed by atoms with E-state index in [-0.39, 0.29) is 11.3 Å². The van der Waals surface area contributed by atoms with Crippen LogP contribution in [0.3, 0.4) is 0 Å². The molecule has 2 atom stereocenters. The SMILES string of the molecule is C#Cc1c(F)ccc2cc(O)cc(-c3cnn4c(N5CC6CCC(C5)N6)cc(OCc5ccccc5)nc34)c12. The zero-order chi connectivity index (χ0) is 26.5. The Balaban J connectivity index is 1.41. The highest BCUT2D eigenvalue weighted by Gasteiger charge is 2.34. The normalized spacial score (nSPS) is 18.5. The largest absolute Gasteiger partial charge is 0.508 e. The minimum absolute atomic E-state index is 0.0433. The Kier molecular flexibility index (Phi) is 5.60. The Morgan fingerprint density at radius 1 is 1.05 bits per heavy atom. The number of halogens is 1. The molecule has 39 heavy (non-hydrogen) atoms. The van der Waals surface area contributed by atoms with Crippen LogP contribution in [0, 0.1) is 18.2 Å². The van der Waals surface area contributed by atoms with Gasteiger partial charge in [0.15, 0.2) is 5.65 Å². The van der Waals surface area contributed by atoms with Gasteiger partial charge in [-0.2, -0.15) is 14.6 Å². The second-order valence-corrected chi connectivity index (χ2v) is 10.2. The minimum atomic E-state index is -0.495. The molecule has 0 saturated carbocycles. The van der Waals surface area contributed by atoms with Crippen LogP contribution in [0.15, 0.2) is 66.9 Å². The standard InChI is InChI=1S/C31H26FN5O2/c1-2-24-27(32)11-8-20-12-23(38)13-25(30(20)24)26-15-33-37-29(36-16-21-9-10-22(17-36)34-21)14-28(35-31(26)37)39-18-19-6-4-3-5-7-19/h1,3-8,11-15,21-22,34,38H,9-10,16-18H2. The summed E-state index contributed by atoms with van der Waals surface area (Å²) in [6.45, 7) is 2.07. The Bertz CT molecular complexity index is 1750. The molecule has 0 radical (unpaired) electrons. The van der Waals surface area contributed by atoms with Crippen LogP contribution in [0.1, 0.15) is 24.0 Å². The van der Waals surface area contributed by atoms with E-state index in [0.717, 1.165) is 37.3 Å². The van der Waals surface area contributed by atoms with Crippen molar-refractivity contribution in [3.05, 3.63) is 83.8 Å². The number of terminal acetylenes is 1. The molecule has 0 spiro atoms. The molecule has 2 N–H and O–H groups in total. The fraction of sp³-hybridized carbons (Fsp3) is 0.226. The summed E-state index contributed by atoms with van der Waals surface area (Å²) in [6, 6.07) is 18.8. The van der Waals surface area contributed by atoms with Gasteiger partial charge in [-0.3, -0.25) is 0 Å². The van der Waals surface area contributed by atoms with Gasteiger partial charge in [0.1, 0.15) is 24.0 Å². The van der Waals surface area contributed by atoms with Crippen LogP contribution >= 0.6 is 0 Å². The Morgan fingerprint density at radius 3 is 2.62 bits per heavy atom. The first-order chi connectivity index (χ1) is 19.1. The lowest BCUT2D eigenvalue weighted by Gasteiger charge is -2.34. The highest BCUT2D eigenvalue weighted by molar-refractivity contribution is 6.04. The van der Waals surface area contributed by atoms with Crippen molar-refractivity contribution in [2.75, 3.05) is 18.0 Å². The van der Waals surface area contributed by atoms with Crippen molar-refractivity contribution in [1.29, 1.82) is 0 Å². The van der Waals surface area contributed by atoms with Gasteiger partial charge < -0.3 is 20.1 Å². The number of aromatic nitrogens is 3. The number of phenols is 1. The molecule has 4 heterocycles. The number of hydrogen-bond donors (Lipinski definition) is 2. The van der Waals surface area contributed by atoms with Crippen LogP contribution in [0.5, 0.6) is 11.6 Å². The number of ether oxygens (including phenoxy) is 1. The molecule has 2 aromatic heterocycles. The Hall–Kier alpha value is -4.61. The number of nitrogens with one attached hydrogen (secondary N) is 1. The van der Waals surface area contributed by atoms with Crippen molar-refractivity contribution in [3.8, 4) is 35.1 Å². The molecule has 194 valence electrons. The van der Waals surface area contributed by atoms with Gasteiger partial charge in [0.25, 0.3) is 0 Å². The van der Waals surface area contributed by atoms with Crippen LogP contribution < -0.4 is 15.0 Å². The third kappa shape index (κ3) is 4.12. The first-order valence-electron chi connectivity index (χ1n) is 13.1. The molecule has 7 rings (SSSR count). The van der Waals surface area contributed by atoms with Crippen LogP contribution in [0.25, 0.3) is 27.5 Å². The Labute approximate surface area is 224 Å². The molecule has 8 heteroatoms. The van der Waals surface area contributed by atoms with E-state index in [1.165, 1.54) is 6.07 Å². The van der Waals surface area contributed by atoms with E-state index in [4.69, 9.17) is 21.2 Å². The van der Waals surface area contributed by atoms with Crippen molar-refractivity contribution >= 4 is 22.2 Å². The summed E-state index contributed by atoms with van der Waals surface area (Å²) in [4.78, 5) is 7.19. The summed E-state index contributed by atoms with van der Waals surface area (Å²) < 4.78 is 22.8. The smallest absolute Gasteiger partial charge is 0.219 e. The van der Waals surface area contributed by atoms with Gasteiger partial charge in [0.2, 0.25) is 5.88 Å². The lowest BCUT2D eigenvalue weighted by atomic mass is 9.95. The molecule has 2 unspecified atom stereocenters. The second-order valence-electron chi connectivity index (χ2n) is 10.2. The molecule has 2 fully saturated rings. The van der Waals surface area contributed by atoms with E-state index in [2.05, 4.69) is 16.1 Å². The highest BCUT2D eigenvalue weighted by atomic mass is 19.1. The van der Waals surface area contributed by atoms with Crippen LogP contribution in [-0.4, -0.2) is 44.9 Å². The van der Waals surface area contributed by atoms with Crippen molar-refractivity contribution in [2.45, 2.75) is 31.5 Å². The average molecular weight is 520 g/mol. The number of fused-ring (bicyclic) bond motifs is 4. The number of aromatic hydroxyl groups is 1. The summed E-state index contributed by atoms with van der Waals surface area (Å²) in [5, 5.41) is 20.1. The molecule has 0 aliphatic carbocycles. The van der Waals surface area contributed by atoms with Gasteiger partial charge in [-0.25, -0.2) is 4.39 Å². The molecular weight excluding hydrogens is 493 g/mol. The molecule has 2 saturated heterocycles. The number of rotatable bonds is 5. The first-order valence-corrected chi connectivity index (χ1v) is 13.1. The lowest BCUT2D eigenvalue weighted by molar-refractivity contribution is 0.294. The first kappa shape index (κ1) is 23.5. The maximum atomic E-state index is 14.8. The monoisotopic (exact) mass is 519 g/mol. The van der Waals surface area contributed by atoms with Crippen LogP contribution in [-0.2, 0) is 6.61 Å². The van der Waals surface area contributed by atoms with E-state index in [1.807, 2.05) is 36.4 Å². The number of phenolic OH excluding ortho intramolecular Hbond substituents is 1. The van der Waals surface area contributed by atoms with E-state index >= 15 is 0 Å². The van der Waals surface area contributed by atoms with Gasteiger partial charge in [-0.15, -0.1) is 6.42 Å². The van der Waals surface area contributed by atoms with Crippen LogP contribution in [0.4, 0.5) is 10.2 Å². The third-order valence-corrected chi connectivity index (χ3v) is 7.69. The summed E-state index contributed by atoms with van der Waals surface area (Å²) in [6.07, 6.45) is 9.73. The molecule has 0 amide bonds. The van der Waals surface area contributed by atoms with Crippen molar-refractivity contribution in [3.63, 3.8) is 0 Å². The summed E-state index contributed by atoms with van der Waals surface area (Å²) in [7, 11) is 0. The average Bonchev–Trinajstić information content (AvgIpc) is 3.53. The second kappa shape index (κ2) is 9.29. The zero-order valence-corrected chi connectivity index (χ0v) is 21.1. The molecular formula is C31H26FN5O2. The maximum absolute atomic E-state index is 14.8. The third-order valence-electron chi connectivity index (χ3n) is 7.69. The van der Waals surface area contributed by atoms with Crippen molar-refractivity contribution in [1.82, 2.24) is 19.9 Å². The van der Waals surface area contributed by atoms with Crippen LogP contribution in [0.2, 0.25) is 0 Å². The van der Waals surface area contributed by atoms with E-state index in [1.54, 1.807) is 28.9 Å². The fourth-order valence-corrected chi connectivity index (χ4v) is 5.91. The zero-order valence-electron chi connectivity index (χ0n) is 21.1. The number of piperazine rings is 1. The van der Waals surface area contributed by atoms with Gasteiger partial charge in [0.05, 0.1) is 11.8 Å². The van der Waals surface area contributed by atoms with Gasteiger partial charge in [0, 0.05) is 42.2 Å². The molecule has 2 aliphatic heterocycles. The summed E-state index contributed by atoms with van der Waals surface area (Å²) >= 11 is 0. The molecule has 2 aliphatic rings. The predicted molar refractivity (Wildman–Crippen MR) is 148 cm³/mol.